The molecule has 1 amide bonds. The van der Waals surface area contributed by atoms with E-state index >= 15 is 0 Å². The van der Waals surface area contributed by atoms with Crippen molar-refractivity contribution in [3.05, 3.63) is 28.5 Å². The normalized spacial score (nSPS) is 9.77. The van der Waals surface area contributed by atoms with Gasteiger partial charge >= 0.3 is 0 Å². The second-order valence-electron chi connectivity index (χ2n) is 2.95. The predicted octanol–water partition coefficient (Wildman–Crippen LogP) is 1.63. The monoisotopic (exact) mass is 198 g/mol. The largest absolute Gasteiger partial charge is 0.344 e. The number of carbonyl (C=O) groups excluding carboxylic acids is 1. The van der Waals surface area contributed by atoms with Gasteiger partial charge in [-0.2, -0.15) is 0 Å². The van der Waals surface area contributed by atoms with Crippen molar-refractivity contribution in [3.63, 3.8) is 0 Å². The van der Waals surface area contributed by atoms with Gasteiger partial charge in [-0.1, -0.05) is 11.6 Å². The second-order valence-corrected chi connectivity index (χ2v) is 3.34. The summed E-state index contributed by atoms with van der Waals surface area (Å²) in [6.45, 7) is 2.51. The maximum absolute atomic E-state index is 10.4. The van der Waals surface area contributed by atoms with Crippen LogP contribution in [0.4, 0.5) is 0 Å². The van der Waals surface area contributed by atoms with Crippen molar-refractivity contribution in [2.75, 3.05) is 7.05 Å². The zero-order valence-electron chi connectivity index (χ0n) is 7.62. The van der Waals surface area contributed by atoms with Gasteiger partial charge in [0.25, 0.3) is 0 Å². The quantitative estimate of drug-likeness (QED) is 0.547. The molecule has 0 atom stereocenters. The van der Waals surface area contributed by atoms with Gasteiger partial charge in [0.15, 0.2) is 0 Å². The summed E-state index contributed by atoms with van der Waals surface area (Å²) in [4.78, 5) is 15.9. The lowest BCUT2D eigenvalue weighted by Crippen LogP contribution is -2.15. The number of rotatable bonds is 3. The zero-order valence-corrected chi connectivity index (χ0v) is 8.38. The minimum atomic E-state index is 0.458. The number of halogens is 1. The smallest absolute Gasteiger partial charge is 0.209 e. The summed E-state index contributed by atoms with van der Waals surface area (Å²) >= 11 is 5.73. The highest BCUT2D eigenvalue weighted by Crippen LogP contribution is 2.13. The molecule has 13 heavy (non-hydrogen) atoms. The molecule has 0 aromatic carbocycles. The van der Waals surface area contributed by atoms with E-state index in [0.29, 0.717) is 11.7 Å². The van der Waals surface area contributed by atoms with Gasteiger partial charge in [-0.3, -0.25) is 4.79 Å². The number of pyridine rings is 1. The fourth-order valence-corrected chi connectivity index (χ4v) is 1.19. The molecule has 3 nitrogen and oxygen atoms in total. The summed E-state index contributed by atoms with van der Waals surface area (Å²) in [7, 11) is 1.72. The maximum atomic E-state index is 10.4. The van der Waals surface area contributed by atoms with Crippen molar-refractivity contribution in [2.45, 2.75) is 13.5 Å². The number of nitrogens with zero attached hydrogens (tertiary/aromatic N) is 2. The number of carbonyl (C=O) groups is 1. The summed E-state index contributed by atoms with van der Waals surface area (Å²) in [6.07, 6.45) is 2.49. The van der Waals surface area contributed by atoms with Crippen molar-refractivity contribution in [1.29, 1.82) is 0 Å². The highest BCUT2D eigenvalue weighted by atomic mass is 35.5. The van der Waals surface area contributed by atoms with E-state index in [1.54, 1.807) is 24.2 Å². The molecule has 1 rings (SSSR count). The summed E-state index contributed by atoms with van der Waals surface area (Å²) in [5, 5.41) is 0.458. The fraction of sp³-hybridized carbons (Fsp3) is 0.333. The Hall–Kier alpha value is -1.09. The molecule has 0 fully saturated rings. The molecule has 0 aliphatic carbocycles. The van der Waals surface area contributed by atoms with Crippen molar-refractivity contribution < 1.29 is 4.79 Å². The van der Waals surface area contributed by atoms with Crippen LogP contribution in [0.2, 0.25) is 5.15 Å². The Kier molecular flexibility index (Phi) is 3.25. The lowest BCUT2D eigenvalue weighted by molar-refractivity contribution is -0.117. The molecule has 0 aliphatic heterocycles. The molecular formula is C9H11ClN2O. The molecule has 0 saturated carbocycles. The second kappa shape index (κ2) is 4.23. The third-order valence-electron chi connectivity index (χ3n) is 1.78. The molecule has 0 spiro atoms. The number of amides is 1. The van der Waals surface area contributed by atoms with Crippen LogP contribution >= 0.6 is 11.6 Å². The van der Waals surface area contributed by atoms with Gasteiger partial charge in [0.05, 0.1) is 0 Å². The third-order valence-corrected chi connectivity index (χ3v) is 1.99. The SMILES string of the molecule is Cc1cnc(Cl)cc1CN(C)C=O. The minimum absolute atomic E-state index is 0.458. The van der Waals surface area contributed by atoms with Gasteiger partial charge in [-0.25, -0.2) is 4.98 Å². The molecule has 0 unspecified atom stereocenters. The van der Waals surface area contributed by atoms with Gasteiger partial charge in [-0.15, -0.1) is 0 Å². The Bertz CT molecular complexity index is 314. The lowest BCUT2D eigenvalue weighted by Gasteiger charge is -2.12. The van der Waals surface area contributed by atoms with Crippen molar-refractivity contribution in [3.8, 4) is 0 Å². The molecule has 1 heterocycles. The Labute approximate surface area is 82.3 Å². The Morgan fingerprint density at radius 3 is 3.00 bits per heavy atom. The first-order valence-corrected chi connectivity index (χ1v) is 4.28. The van der Waals surface area contributed by atoms with E-state index in [-0.39, 0.29) is 0 Å². The van der Waals surface area contributed by atoms with Gasteiger partial charge in [0.1, 0.15) is 5.15 Å². The molecule has 1 aromatic rings. The number of hydrogen-bond acceptors (Lipinski definition) is 2. The first kappa shape index (κ1) is 9.99. The van der Waals surface area contributed by atoms with Crippen molar-refractivity contribution >= 4 is 18.0 Å². The van der Waals surface area contributed by atoms with Crippen LogP contribution in [0, 0.1) is 6.92 Å². The average molecular weight is 199 g/mol. The minimum Gasteiger partial charge on any atom is -0.344 e. The molecule has 4 heteroatoms. The van der Waals surface area contributed by atoms with Crippen LogP contribution in [-0.4, -0.2) is 23.3 Å². The number of aryl methyl sites for hydroxylation is 1. The standard InChI is InChI=1S/C9H11ClN2O/c1-7-4-11-9(10)3-8(7)5-12(2)6-13/h3-4,6H,5H2,1-2H3. The molecule has 0 bridgehead atoms. The van der Waals surface area contributed by atoms with E-state index in [9.17, 15) is 4.79 Å². The number of hydrogen-bond donors (Lipinski definition) is 0. The molecule has 1 aromatic heterocycles. The van der Waals surface area contributed by atoms with Gasteiger partial charge in [0, 0.05) is 19.8 Å². The third kappa shape index (κ3) is 2.70. The summed E-state index contributed by atoms with van der Waals surface area (Å²) in [5.74, 6) is 0. The van der Waals surface area contributed by atoms with Crippen molar-refractivity contribution in [2.24, 2.45) is 0 Å². The van der Waals surface area contributed by atoms with E-state index in [1.807, 2.05) is 6.92 Å². The Balaban J connectivity index is 2.86. The van der Waals surface area contributed by atoms with Crippen LogP contribution in [0.5, 0.6) is 0 Å². The van der Waals surface area contributed by atoms with Gasteiger partial charge in [0.2, 0.25) is 6.41 Å². The molecule has 0 radical (unpaired) electrons. The topological polar surface area (TPSA) is 33.2 Å². The van der Waals surface area contributed by atoms with Crippen LogP contribution in [0.3, 0.4) is 0 Å². The van der Waals surface area contributed by atoms with E-state index in [2.05, 4.69) is 4.98 Å². The fourth-order valence-electron chi connectivity index (χ4n) is 1.01. The van der Waals surface area contributed by atoms with Gasteiger partial charge in [-0.05, 0) is 24.1 Å². The van der Waals surface area contributed by atoms with E-state index in [1.165, 1.54) is 0 Å². The summed E-state index contributed by atoms with van der Waals surface area (Å²) in [5.41, 5.74) is 2.06. The molecule has 0 saturated heterocycles. The summed E-state index contributed by atoms with van der Waals surface area (Å²) < 4.78 is 0. The van der Waals surface area contributed by atoms with Crippen LogP contribution < -0.4 is 0 Å². The van der Waals surface area contributed by atoms with Crippen LogP contribution in [0.1, 0.15) is 11.1 Å². The Morgan fingerprint density at radius 1 is 1.69 bits per heavy atom. The first-order chi connectivity index (χ1) is 6.13. The van der Waals surface area contributed by atoms with E-state index in [4.69, 9.17) is 11.6 Å². The predicted molar refractivity (Wildman–Crippen MR) is 51.5 cm³/mol. The molecular weight excluding hydrogens is 188 g/mol. The van der Waals surface area contributed by atoms with Crippen LogP contribution in [-0.2, 0) is 11.3 Å². The van der Waals surface area contributed by atoms with Crippen LogP contribution in [0.25, 0.3) is 0 Å². The Morgan fingerprint density at radius 2 is 2.38 bits per heavy atom. The molecule has 0 aliphatic rings. The molecule has 70 valence electrons. The van der Waals surface area contributed by atoms with E-state index < -0.39 is 0 Å². The highest BCUT2D eigenvalue weighted by Gasteiger charge is 2.02. The average Bonchev–Trinajstić information content (AvgIpc) is 2.11. The van der Waals surface area contributed by atoms with E-state index in [0.717, 1.165) is 17.5 Å². The highest BCUT2D eigenvalue weighted by molar-refractivity contribution is 6.29. The van der Waals surface area contributed by atoms with Crippen molar-refractivity contribution in [1.82, 2.24) is 9.88 Å². The number of aromatic nitrogens is 1. The van der Waals surface area contributed by atoms with Crippen LogP contribution in [0.15, 0.2) is 12.3 Å². The maximum Gasteiger partial charge on any atom is 0.209 e. The summed E-state index contributed by atoms with van der Waals surface area (Å²) in [6, 6.07) is 1.77. The lowest BCUT2D eigenvalue weighted by atomic mass is 10.1. The molecule has 0 N–H and O–H groups in total. The van der Waals surface area contributed by atoms with Gasteiger partial charge < -0.3 is 4.90 Å². The zero-order chi connectivity index (χ0) is 9.84. The first-order valence-electron chi connectivity index (χ1n) is 3.90.